The van der Waals surface area contributed by atoms with E-state index in [4.69, 9.17) is 0 Å². The molecule has 0 bridgehead atoms. The maximum absolute atomic E-state index is 13.7. The van der Waals surface area contributed by atoms with E-state index in [0.29, 0.717) is 17.7 Å². The van der Waals surface area contributed by atoms with E-state index >= 15 is 0 Å². The summed E-state index contributed by atoms with van der Waals surface area (Å²) < 4.78 is 26.6. The summed E-state index contributed by atoms with van der Waals surface area (Å²) in [5, 5.41) is 9.83. The minimum atomic E-state index is -0.759. The Kier molecular flexibility index (Phi) is 4.58. The van der Waals surface area contributed by atoms with Gasteiger partial charge < -0.3 is 10.0 Å². The predicted molar refractivity (Wildman–Crippen MR) is 80.3 cm³/mol. The first-order valence-corrected chi connectivity index (χ1v) is 6.82. The van der Waals surface area contributed by atoms with Crippen molar-refractivity contribution >= 4 is 5.69 Å². The van der Waals surface area contributed by atoms with Gasteiger partial charge in [-0.05, 0) is 49.2 Å². The lowest BCUT2D eigenvalue weighted by Crippen LogP contribution is -2.19. The van der Waals surface area contributed by atoms with Crippen molar-refractivity contribution in [3.63, 3.8) is 0 Å². The normalized spacial score (nSPS) is 12.3. The molecule has 0 saturated heterocycles. The molecule has 0 radical (unpaired) electrons. The first kappa shape index (κ1) is 15.4. The second-order valence-electron chi connectivity index (χ2n) is 5.32. The Morgan fingerprint density at radius 2 is 1.76 bits per heavy atom. The molecule has 21 heavy (non-hydrogen) atoms. The van der Waals surface area contributed by atoms with Crippen molar-refractivity contribution in [3.05, 3.63) is 64.7 Å². The van der Waals surface area contributed by atoms with Crippen molar-refractivity contribution in [2.75, 3.05) is 11.9 Å². The summed E-state index contributed by atoms with van der Waals surface area (Å²) in [7, 11) is 1.86. The molecule has 0 aliphatic carbocycles. The second kappa shape index (κ2) is 6.22. The zero-order valence-electron chi connectivity index (χ0n) is 12.4. The summed E-state index contributed by atoms with van der Waals surface area (Å²) in [6.45, 7) is 3.85. The number of hydrogen-bond donors (Lipinski definition) is 1. The van der Waals surface area contributed by atoms with Gasteiger partial charge in [-0.15, -0.1) is 0 Å². The van der Waals surface area contributed by atoms with Crippen molar-refractivity contribution in [3.8, 4) is 0 Å². The Bertz CT molecular complexity index is 623. The molecule has 1 atom stereocenters. The van der Waals surface area contributed by atoms with Gasteiger partial charge in [0.25, 0.3) is 0 Å². The number of halogens is 2. The van der Waals surface area contributed by atoms with E-state index in [1.165, 1.54) is 18.2 Å². The fourth-order valence-electron chi connectivity index (χ4n) is 2.30. The lowest BCUT2D eigenvalue weighted by Gasteiger charge is -2.24. The monoisotopic (exact) mass is 291 g/mol. The second-order valence-corrected chi connectivity index (χ2v) is 5.32. The Labute approximate surface area is 123 Å². The molecule has 2 rings (SSSR count). The van der Waals surface area contributed by atoms with E-state index in [9.17, 15) is 13.9 Å². The predicted octanol–water partition coefficient (Wildman–Crippen LogP) is 3.96. The first-order chi connectivity index (χ1) is 9.88. The summed E-state index contributed by atoms with van der Waals surface area (Å²) in [4.78, 5) is 1.92. The van der Waals surface area contributed by atoms with Gasteiger partial charge in [0.05, 0.1) is 6.10 Å². The minimum Gasteiger partial charge on any atom is -0.389 e. The van der Waals surface area contributed by atoms with Gasteiger partial charge in [-0.1, -0.05) is 12.1 Å². The van der Waals surface area contributed by atoms with Gasteiger partial charge in [-0.3, -0.25) is 0 Å². The Balaban J connectivity index is 2.31. The van der Waals surface area contributed by atoms with Crippen LogP contribution in [0.15, 0.2) is 36.4 Å². The van der Waals surface area contributed by atoms with Crippen LogP contribution < -0.4 is 4.90 Å². The molecule has 0 amide bonds. The Morgan fingerprint density at radius 3 is 2.33 bits per heavy atom. The molecular weight excluding hydrogens is 272 g/mol. The lowest BCUT2D eigenvalue weighted by atomic mass is 10.0. The topological polar surface area (TPSA) is 23.5 Å². The molecule has 1 N–H and O–H groups in total. The van der Waals surface area contributed by atoms with Crippen LogP contribution in [-0.4, -0.2) is 12.2 Å². The third kappa shape index (κ3) is 3.58. The molecule has 0 aromatic heterocycles. The van der Waals surface area contributed by atoms with Crippen LogP contribution >= 0.6 is 0 Å². The third-order valence-electron chi connectivity index (χ3n) is 3.50. The Morgan fingerprint density at radius 1 is 1.14 bits per heavy atom. The molecule has 112 valence electrons. The number of anilines is 1. The van der Waals surface area contributed by atoms with Crippen LogP contribution in [0.5, 0.6) is 0 Å². The van der Waals surface area contributed by atoms with Gasteiger partial charge in [0, 0.05) is 24.8 Å². The molecule has 2 aromatic carbocycles. The number of hydrogen-bond acceptors (Lipinski definition) is 2. The summed E-state index contributed by atoms with van der Waals surface area (Å²) in [6.07, 6.45) is -0.759. The summed E-state index contributed by atoms with van der Waals surface area (Å²) in [5.41, 5.74) is 2.79. The smallest absolute Gasteiger partial charge is 0.126 e. The highest BCUT2D eigenvalue weighted by molar-refractivity contribution is 5.56. The van der Waals surface area contributed by atoms with E-state index in [2.05, 4.69) is 0 Å². The number of rotatable bonds is 4. The minimum absolute atomic E-state index is 0.274. The van der Waals surface area contributed by atoms with E-state index in [0.717, 1.165) is 11.3 Å². The van der Waals surface area contributed by atoms with Crippen molar-refractivity contribution in [2.24, 2.45) is 0 Å². The van der Waals surface area contributed by atoms with Gasteiger partial charge in [0.1, 0.15) is 11.6 Å². The largest absolute Gasteiger partial charge is 0.389 e. The summed E-state index contributed by atoms with van der Waals surface area (Å²) in [6, 6.07) is 9.34. The highest BCUT2D eigenvalue weighted by atomic mass is 19.1. The molecule has 4 heteroatoms. The number of aliphatic hydroxyl groups excluding tert-OH is 1. The van der Waals surface area contributed by atoms with Gasteiger partial charge in [0.2, 0.25) is 0 Å². The zero-order chi connectivity index (χ0) is 15.6. The molecule has 0 aliphatic rings. The number of nitrogens with zero attached hydrogens (tertiary/aromatic N) is 1. The van der Waals surface area contributed by atoms with Crippen LogP contribution in [0, 0.1) is 18.6 Å². The maximum atomic E-state index is 13.7. The highest BCUT2D eigenvalue weighted by Crippen LogP contribution is 2.29. The van der Waals surface area contributed by atoms with Crippen molar-refractivity contribution in [1.29, 1.82) is 0 Å². The molecular formula is C17H19F2NO. The summed E-state index contributed by atoms with van der Waals surface area (Å²) in [5.74, 6) is -0.603. The standard InChI is InChI=1S/C17H19F2NO/c1-11-8-17(15(12(2)21)9-16(11)19)20(3)10-13-4-6-14(18)7-5-13/h4-9,12,21H,10H2,1-3H3/t12-/m0/s1. The van der Waals surface area contributed by atoms with E-state index in [1.54, 1.807) is 32.0 Å². The summed E-state index contributed by atoms with van der Waals surface area (Å²) >= 11 is 0. The average Bonchev–Trinajstić information content (AvgIpc) is 2.43. The van der Waals surface area contributed by atoms with Gasteiger partial charge in [-0.25, -0.2) is 8.78 Å². The van der Waals surface area contributed by atoms with Crippen LogP contribution in [0.4, 0.5) is 14.5 Å². The lowest BCUT2D eigenvalue weighted by molar-refractivity contribution is 0.199. The molecule has 2 aromatic rings. The molecule has 0 spiro atoms. The Hall–Kier alpha value is -1.94. The SMILES string of the molecule is Cc1cc(N(C)Cc2ccc(F)cc2)c([C@H](C)O)cc1F. The number of aryl methyl sites for hydroxylation is 1. The van der Waals surface area contributed by atoms with Crippen molar-refractivity contribution < 1.29 is 13.9 Å². The molecule has 0 unspecified atom stereocenters. The van der Waals surface area contributed by atoms with E-state index in [-0.39, 0.29) is 11.6 Å². The van der Waals surface area contributed by atoms with Crippen LogP contribution in [0.1, 0.15) is 29.7 Å². The molecule has 0 heterocycles. The van der Waals surface area contributed by atoms with Crippen LogP contribution in [0.2, 0.25) is 0 Å². The van der Waals surface area contributed by atoms with Crippen LogP contribution in [-0.2, 0) is 6.54 Å². The molecule has 0 saturated carbocycles. The van der Waals surface area contributed by atoms with Crippen LogP contribution in [0.25, 0.3) is 0 Å². The number of aliphatic hydroxyl groups is 1. The van der Waals surface area contributed by atoms with Crippen LogP contribution in [0.3, 0.4) is 0 Å². The van der Waals surface area contributed by atoms with E-state index in [1.807, 2.05) is 11.9 Å². The third-order valence-corrected chi connectivity index (χ3v) is 3.50. The first-order valence-electron chi connectivity index (χ1n) is 6.82. The van der Waals surface area contributed by atoms with Crippen molar-refractivity contribution in [1.82, 2.24) is 0 Å². The van der Waals surface area contributed by atoms with Gasteiger partial charge in [0.15, 0.2) is 0 Å². The van der Waals surface area contributed by atoms with Gasteiger partial charge in [-0.2, -0.15) is 0 Å². The quantitative estimate of drug-likeness (QED) is 0.921. The fourth-order valence-corrected chi connectivity index (χ4v) is 2.30. The fraction of sp³-hybridized carbons (Fsp3) is 0.294. The van der Waals surface area contributed by atoms with Crippen molar-refractivity contribution in [2.45, 2.75) is 26.5 Å². The molecule has 0 aliphatic heterocycles. The van der Waals surface area contributed by atoms with E-state index < -0.39 is 6.10 Å². The van der Waals surface area contributed by atoms with Gasteiger partial charge >= 0.3 is 0 Å². The average molecular weight is 291 g/mol. The zero-order valence-corrected chi connectivity index (χ0v) is 12.4. The number of benzene rings is 2. The highest BCUT2D eigenvalue weighted by Gasteiger charge is 2.15. The molecule has 0 fully saturated rings. The maximum Gasteiger partial charge on any atom is 0.126 e. The molecule has 2 nitrogen and oxygen atoms in total.